The first kappa shape index (κ1) is 17.7. The third kappa shape index (κ3) is 2.77. The SMILES string of the molecule is O=C(C1=C(O)C(=O)N(c2ccc(F)cc2)C1c1ccccc1F)c1ccco1. The van der Waals surface area contributed by atoms with Gasteiger partial charge in [0.05, 0.1) is 17.9 Å². The van der Waals surface area contributed by atoms with Crippen molar-refractivity contribution in [1.82, 2.24) is 0 Å². The molecule has 7 heteroatoms. The Morgan fingerprint density at radius 3 is 2.36 bits per heavy atom. The molecule has 1 unspecified atom stereocenters. The Morgan fingerprint density at radius 1 is 1.00 bits per heavy atom. The smallest absolute Gasteiger partial charge is 0.294 e. The van der Waals surface area contributed by atoms with Crippen LogP contribution in [0.2, 0.25) is 0 Å². The maximum atomic E-state index is 14.6. The molecule has 1 N–H and O–H groups in total. The Labute approximate surface area is 158 Å². The molecule has 5 nitrogen and oxygen atoms in total. The molecular weight excluding hydrogens is 368 g/mol. The summed E-state index contributed by atoms with van der Waals surface area (Å²) in [7, 11) is 0. The zero-order chi connectivity index (χ0) is 19.8. The van der Waals surface area contributed by atoms with Crippen molar-refractivity contribution < 1.29 is 27.9 Å². The van der Waals surface area contributed by atoms with Gasteiger partial charge in [0.2, 0.25) is 5.78 Å². The van der Waals surface area contributed by atoms with Crippen LogP contribution in [0.25, 0.3) is 0 Å². The number of hydrogen-bond acceptors (Lipinski definition) is 4. The highest BCUT2D eigenvalue weighted by Gasteiger charge is 2.46. The zero-order valence-electron chi connectivity index (χ0n) is 14.3. The number of aliphatic hydroxyl groups excluding tert-OH is 1. The Morgan fingerprint density at radius 2 is 1.71 bits per heavy atom. The molecule has 0 spiro atoms. The van der Waals surface area contributed by atoms with Crippen LogP contribution in [0.4, 0.5) is 14.5 Å². The molecular formula is C21H13F2NO4. The number of Topliss-reactive ketones (excluding diaryl/α,β-unsaturated/α-hetero) is 1. The van der Waals surface area contributed by atoms with Gasteiger partial charge in [0.15, 0.2) is 11.5 Å². The molecule has 0 radical (unpaired) electrons. The van der Waals surface area contributed by atoms with Crippen LogP contribution in [0.1, 0.15) is 22.2 Å². The van der Waals surface area contributed by atoms with Crippen LogP contribution < -0.4 is 4.90 Å². The summed E-state index contributed by atoms with van der Waals surface area (Å²) in [6.07, 6.45) is 1.28. The second-order valence-corrected chi connectivity index (χ2v) is 6.14. The van der Waals surface area contributed by atoms with Crippen molar-refractivity contribution in [3.8, 4) is 0 Å². The first-order chi connectivity index (χ1) is 13.5. The lowest BCUT2D eigenvalue weighted by molar-refractivity contribution is -0.117. The van der Waals surface area contributed by atoms with E-state index in [-0.39, 0.29) is 22.6 Å². The summed E-state index contributed by atoms with van der Waals surface area (Å²) in [6, 6.07) is 12.1. The first-order valence-corrected chi connectivity index (χ1v) is 8.34. The van der Waals surface area contributed by atoms with Crippen molar-refractivity contribution in [3.63, 3.8) is 0 Å². The number of aliphatic hydroxyl groups is 1. The number of benzene rings is 2. The maximum Gasteiger partial charge on any atom is 0.294 e. The van der Waals surface area contributed by atoms with E-state index in [1.165, 1.54) is 48.7 Å². The number of furan rings is 1. The molecule has 1 aliphatic rings. The van der Waals surface area contributed by atoms with E-state index in [0.717, 1.165) is 17.0 Å². The lowest BCUT2D eigenvalue weighted by atomic mass is 9.94. The molecule has 1 amide bonds. The van der Waals surface area contributed by atoms with Crippen LogP contribution in [0.15, 0.2) is 82.7 Å². The summed E-state index contributed by atoms with van der Waals surface area (Å²) in [6.45, 7) is 0. The molecule has 3 aromatic rings. The minimum Gasteiger partial charge on any atom is -0.503 e. The monoisotopic (exact) mass is 381 g/mol. The summed E-state index contributed by atoms with van der Waals surface area (Å²) in [5.41, 5.74) is -0.0954. The quantitative estimate of drug-likeness (QED) is 0.683. The Bertz CT molecular complexity index is 1090. The van der Waals surface area contributed by atoms with Crippen LogP contribution in [0, 0.1) is 11.6 Å². The van der Waals surface area contributed by atoms with Gasteiger partial charge in [-0.15, -0.1) is 0 Å². The zero-order valence-corrected chi connectivity index (χ0v) is 14.3. The normalized spacial score (nSPS) is 16.7. The average molecular weight is 381 g/mol. The van der Waals surface area contributed by atoms with Gasteiger partial charge in [-0.3, -0.25) is 14.5 Å². The van der Waals surface area contributed by atoms with E-state index in [0.29, 0.717) is 0 Å². The van der Waals surface area contributed by atoms with E-state index in [2.05, 4.69) is 0 Å². The van der Waals surface area contributed by atoms with Crippen molar-refractivity contribution in [2.24, 2.45) is 0 Å². The summed E-state index contributed by atoms with van der Waals surface area (Å²) in [5.74, 6) is -3.73. The van der Waals surface area contributed by atoms with Crippen molar-refractivity contribution in [1.29, 1.82) is 0 Å². The third-order valence-corrected chi connectivity index (χ3v) is 4.50. The third-order valence-electron chi connectivity index (χ3n) is 4.50. The molecule has 1 aliphatic heterocycles. The average Bonchev–Trinajstić information content (AvgIpc) is 3.31. The molecule has 4 rings (SSSR count). The van der Waals surface area contributed by atoms with Crippen molar-refractivity contribution >= 4 is 17.4 Å². The number of nitrogens with zero attached hydrogens (tertiary/aromatic N) is 1. The van der Waals surface area contributed by atoms with Gasteiger partial charge in [-0.05, 0) is 42.5 Å². The minimum atomic E-state index is -1.24. The van der Waals surface area contributed by atoms with Gasteiger partial charge >= 0.3 is 0 Å². The highest BCUT2D eigenvalue weighted by Crippen LogP contribution is 2.42. The molecule has 0 bridgehead atoms. The van der Waals surface area contributed by atoms with Gasteiger partial charge in [-0.1, -0.05) is 18.2 Å². The van der Waals surface area contributed by atoms with E-state index in [1.54, 1.807) is 6.07 Å². The number of carbonyl (C=O) groups excluding carboxylic acids is 2. The van der Waals surface area contributed by atoms with E-state index in [4.69, 9.17) is 4.42 Å². The number of carbonyl (C=O) groups is 2. The molecule has 1 aromatic heterocycles. The Hall–Kier alpha value is -3.74. The van der Waals surface area contributed by atoms with E-state index >= 15 is 0 Å². The lowest BCUT2D eigenvalue weighted by Crippen LogP contribution is -2.31. The highest BCUT2D eigenvalue weighted by molar-refractivity contribution is 6.20. The molecule has 0 saturated heterocycles. The van der Waals surface area contributed by atoms with Gasteiger partial charge in [-0.25, -0.2) is 8.78 Å². The molecule has 0 aliphatic carbocycles. The second kappa shape index (κ2) is 6.77. The standard InChI is InChI=1S/C21H13F2NO4/c22-12-7-9-13(10-8-12)24-18(14-4-1-2-5-15(14)23)17(20(26)21(24)27)19(25)16-6-3-11-28-16/h1-11,18,26H. The molecule has 2 heterocycles. The Balaban J connectivity index is 1.91. The van der Waals surface area contributed by atoms with Gasteiger partial charge in [-0.2, -0.15) is 0 Å². The Kier molecular flexibility index (Phi) is 4.27. The van der Waals surface area contributed by atoms with Crippen LogP contribution in [-0.2, 0) is 4.79 Å². The van der Waals surface area contributed by atoms with Crippen LogP contribution in [0.3, 0.4) is 0 Å². The van der Waals surface area contributed by atoms with E-state index in [1.807, 2.05) is 0 Å². The number of hydrogen-bond donors (Lipinski definition) is 1. The van der Waals surface area contributed by atoms with Gasteiger partial charge < -0.3 is 9.52 Å². The molecule has 0 saturated carbocycles. The molecule has 1 atom stereocenters. The molecule has 2 aromatic carbocycles. The topological polar surface area (TPSA) is 70.8 Å². The fourth-order valence-corrected chi connectivity index (χ4v) is 3.24. The lowest BCUT2D eigenvalue weighted by Gasteiger charge is -2.27. The van der Waals surface area contributed by atoms with E-state index in [9.17, 15) is 23.5 Å². The fourth-order valence-electron chi connectivity index (χ4n) is 3.24. The highest BCUT2D eigenvalue weighted by atomic mass is 19.1. The number of halogens is 2. The molecule has 28 heavy (non-hydrogen) atoms. The van der Waals surface area contributed by atoms with E-state index < -0.39 is 35.1 Å². The predicted octanol–water partition coefficient (Wildman–Crippen LogP) is 4.34. The number of anilines is 1. The summed E-state index contributed by atoms with van der Waals surface area (Å²) < 4.78 is 33.0. The number of ketones is 1. The summed E-state index contributed by atoms with van der Waals surface area (Å²) in [4.78, 5) is 26.8. The van der Waals surface area contributed by atoms with Crippen LogP contribution in [-0.4, -0.2) is 16.8 Å². The second-order valence-electron chi connectivity index (χ2n) is 6.14. The molecule has 0 fully saturated rings. The summed E-state index contributed by atoms with van der Waals surface area (Å²) in [5, 5.41) is 10.5. The van der Waals surface area contributed by atoms with Gasteiger partial charge in [0.1, 0.15) is 11.6 Å². The van der Waals surface area contributed by atoms with Crippen molar-refractivity contribution in [3.05, 3.63) is 101 Å². The number of rotatable bonds is 4. The van der Waals surface area contributed by atoms with Crippen molar-refractivity contribution in [2.75, 3.05) is 4.90 Å². The van der Waals surface area contributed by atoms with Crippen molar-refractivity contribution in [2.45, 2.75) is 6.04 Å². The largest absolute Gasteiger partial charge is 0.503 e. The maximum absolute atomic E-state index is 14.6. The van der Waals surface area contributed by atoms with Crippen LogP contribution >= 0.6 is 0 Å². The predicted molar refractivity (Wildman–Crippen MR) is 95.7 cm³/mol. The van der Waals surface area contributed by atoms with Crippen LogP contribution in [0.5, 0.6) is 0 Å². The summed E-state index contributed by atoms with van der Waals surface area (Å²) >= 11 is 0. The number of amides is 1. The fraction of sp³-hybridized carbons (Fsp3) is 0.0476. The minimum absolute atomic E-state index is 0.0131. The van der Waals surface area contributed by atoms with Gasteiger partial charge in [0, 0.05) is 11.3 Å². The molecule has 140 valence electrons. The first-order valence-electron chi connectivity index (χ1n) is 8.34. The van der Waals surface area contributed by atoms with Gasteiger partial charge in [0.25, 0.3) is 5.91 Å².